The van der Waals surface area contributed by atoms with Gasteiger partial charge < -0.3 is 5.32 Å². The summed E-state index contributed by atoms with van der Waals surface area (Å²) in [5.74, 6) is -0.399. The number of anilines is 1. The lowest BCUT2D eigenvalue weighted by atomic mass is 10.2. The van der Waals surface area contributed by atoms with Crippen molar-refractivity contribution in [2.75, 3.05) is 5.32 Å². The average molecular weight is 347 g/mol. The zero-order valence-corrected chi connectivity index (χ0v) is 14.1. The number of rotatable bonds is 3. The van der Waals surface area contributed by atoms with Crippen molar-refractivity contribution in [3.8, 4) is 0 Å². The molecule has 1 N–H and O–H groups in total. The summed E-state index contributed by atoms with van der Waals surface area (Å²) in [5.41, 5.74) is 2.24. The lowest BCUT2D eigenvalue weighted by Crippen LogP contribution is -2.30. The van der Waals surface area contributed by atoms with Crippen LogP contribution >= 0.6 is 11.6 Å². The van der Waals surface area contributed by atoms with Gasteiger partial charge in [-0.05, 0) is 31.5 Å². The van der Waals surface area contributed by atoms with Gasteiger partial charge in [0.15, 0.2) is 5.52 Å². The highest BCUT2D eigenvalue weighted by Gasteiger charge is 2.15. The van der Waals surface area contributed by atoms with Crippen molar-refractivity contribution in [2.24, 2.45) is 7.05 Å². The minimum absolute atomic E-state index is 0.191. The Kier molecular flexibility index (Phi) is 4.06. The molecule has 8 nitrogen and oxygen atoms in total. The largest absolute Gasteiger partial charge is 0.324 e. The van der Waals surface area contributed by atoms with Crippen LogP contribution in [0.1, 0.15) is 11.3 Å². The Morgan fingerprint density at radius 3 is 2.79 bits per heavy atom. The third kappa shape index (κ3) is 2.76. The van der Waals surface area contributed by atoms with Crippen LogP contribution < -0.4 is 10.9 Å². The van der Waals surface area contributed by atoms with Crippen LogP contribution in [-0.2, 0) is 18.4 Å². The predicted molar refractivity (Wildman–Crippen MR) is 90.1 cm³/mol. The Balaban J connectivity index is 1.87. The van der Waals surface area contributed by atoms with Crippen LogP contribution in [0.2, 0.25) is 5.02 Å². The molecule has 0 fully saturated rings. The molecule has 0 saturated carbocycles. The van der Waals surface area contributed by atoms with Crippen molar-refractivity contribution in [2.45, 2.75) is 20.4 Å². The van der Waals surface area contributed by atoms with Crippen molar-refractivity contribution in [1.29, 1.82) is 0 Å². The monoisotopic (exact) mass is 346 g/mol. The van der Waals surface area contributed by atoms with Gasteiger partial charge in [-0.3, -0.25) is 14.3 Å². The van der Waals surface area contributed by atoms with Gasteiger partial charge in [0.25, 0.3) is 5.56 Å². The van der Waals surface area contributed by atoms with E-state index in [2.05, 4.69) is 20.7 Å². The second kappa shape index (κ2) is 6.04. The Bertz CT molecular complexity index is 1010. The van der Waals surface area contributed by atoms with E-state index in [-0.39, 0.29) is 12.1 Å². The third-order valence-electron chi connectivity index (χ3n) is 3.83. The average Bonchev–Trinajstić information content (AvgIpc) is 2.83. The number of carbonyl (C=O) groups is 1. The molecule has 0 aliphatic carbocycles. The molecule has 9 heteroatoms. The predicted octanol–water partition coefficient (Wildman–Crippen LogP) is 1.43. The lowest BCUT2D eigenvalue weighted by molar-refractivity contribution is -0.117. The van der Waals surface area contributed by atoms with Gasteiger partial charge in [0.1, 0.15) is 12.1 Å². The molecular weight excluding hydrogens is 332 g/mol. The molecule has 3 aromatic rings. The zero-order valence-electron chi connectivity index (χ0n) is 13.4. The third-order valence-corrected chi connectivity index (χ3v) is 4.24. The first-order chi connectivity index (χ1) is 11.4. The lowest BCUT2D eigenvalue weighted by Gasteiger charge is -2.09. The topological polar surface area (TPSA) is 94.7 Å². The molecule has 0 radical (unpaired) electrons. The van der Waals surface area contributed by atoms with Crippen LogP contribution in [0.3, 0.4) is 0 Å². The molecule has 0 spiro atoms. The van der Waals surface area contributed by atoms with Gasteiger partial charge in [0.05, 0.1) is 5.69 Å². The van der Waals surface area contributed by atoms with Crippen LogP contribution in [0.5, 0.6) is 0 Å². The van der Waals surface area contributed by atoms with E-state index < -0.39 is 11.5 Å². The van der Waals surface area contributed by atoms with Gasteiger partial charge in [-0.25, -0.2) is 0 Å². The van der Waals surface area contributed by atoms with Gasteiger partial charge >= 0.3 is 0 Å². The van der Waals surface area contributed by atoms with Crippen molar-refractivity contribution < 1.29 is 4.79 Å². The molecule has 24 heavy (non-hydrogen) atoms. The number of carbonyl (C=O) groups excluding carboxylic acids is 1. The van der Waals surface area contributed by atoms with Gasteiger partial charge in [-0.1, -0.05) is 22.9 Å². The van der Waals surface area contributed by atoms with E-state index in [1.807, 2.05) is 0 Å². The van der Waals surface area contributed by atoms with E-state index in [0.717, 1.165) is 15.9 Å². The standard InChI is InChI=1S/C15H15ClN6O2/c1-8-10(16)5-4-6-11(8)17-12(23)7-22-15(24)14-13(18-20-22)9(2)21(3)19-14/h4-6H,7H2,1-3H3,(H,17,23). The molecule has 1 aromatic carbocycles. The first-order valence-electron chi connectivity index (χ1n) is 7.20. The number of amides is 1. The highest BCUT2D eigenvalue weighted by Crippen LogP contribution is 2.22. The molecule has 3 rings (SSSR count). The Morgan fingerprint density at radius 1 is 1.29 bits per heavy atom. The number of hydrogen-bond donors (Lipinski definition) is 1. The fraction of sp³-hybridized carbons (Fsp3) is 0.267. The fourth-order valence-electron chi connectivity index (χ4n) is 2.29. The van der Waals surface area contributed by atoms with E-state index in [4.69, 9.17) is 11.6 Å². The molecule has 0 aliphatic heterocycles. The Hall–Kier alpha value is -2.74. The zero-order chi connectivity index (χ0) is 17.4. The van der Waals surface area contributed by atoms with Gasteiger partial charge in [0, 0.05) is 17.8 Å². The minimum Gasteiger partial charge on any atom is -0.324 e. The molecule has 0 bridgehead atoms. The maximum absolute atomic E-state index is 12.4. The maximum Gasteiger partial charge on any atom is 0.298 e. The molecule has 2 aromatic heterocycles. The van der Waals surface area contributed by atoms with Crippen LogP contribution in [0, 0.1) is 13.8 Å². The molecule has 124 valence electrons. The molecular formula is C15H15ClN6O2. The smallest absolute Gasteiger partial charge is 0.298 e. The summed E-state index contributed by atoms with van der Waals surface area (Å²) in [6.45, 7) is 3.33. The van der Waals surface area contributed by atoms with Crippen LogP contribution in [-0.4, -0.2) is 30.7 Å². The van der Waals surface area contributed by atoms with Crippen molar-refractivity contribution >= 4 is 34.2 Å². The number of hydrogen-bond acceptors (Lipinski definition) is 5. The number of halogens is 1. The summed E-state index contributed by atoms with van der Waals surface area (Å²) in [4.78, 5) is 24.6. The SMILES string of the molecule is Cc1c(Cl)cccc1NC(=O)Cn1nnc2c(C)n(C)nc2c1=O. The maximum atomic E-state index is 12.4. The summed E-state index contributed by atoms with van der Waals surface area (Å²) in [6, 6.07) is 5.21. The van der Waals surface area contributed by atoms with Gasteiger partial charge in [-0.15, -0.1) is 5.10 Å². The quantitative estimate of drug-likeness (QED) is 0.774. The summed E-state index contributed by atoms with van der Waals surface area (Å²) in [6.07, 6.45) is 0. The van der Waals surface area contributed by atoms with Crippen molar-refractivity contribution in [1.82, 2.24) is 24.8 Å². The number of nitrogens with one attached hydrogen (secondary N) is 1. The van der Waals surface area contributed by atoms with Gasteiger partial charge in [0.2, 0.25) is 5.91 Å². The normalized spacial score (nSPS) is 11.0. The van der Waals surface area contributed by atoms with E-state index in [1.54, 1.807) is 43.8 Å². The summed E-state index contributed by atoms with van der Waals surface area (Å²) in [7, 11) is 1.72. The first kappa shape index (κ1) is 16.1. The number of aryl methyl sites for hydroxylation is 2. The minimum atomic E-state index is -0.457. The number of aromatic nitrogens is 5. The van der Waals surface area contributed by atoms with E-state index >= 15 is 0 Å². The Morgan fingerprint density at radius 2 is 2.04 bits per heavy atom. The number of benzene rings is 1. The first-order valence-corrected chi connectivity index (χ1v) is 7.58. The summed E-state index contributed by atoms with van der Waals surface area (Å²) >= 11 is 6.03. The van der Waals surface area contributed by atoms with Crippen LogP contribution in [0.4, 0.5) is 5.69 Å². The molecule has 0 atom stereocenters. The van der Waals surface area contributed by atoms with E-state index in [0.29, 0.717) is 16.2 Å². The fourth-order valence-corrected chi connectivity index (χ4v) is 2.47. The molecule has 2 heterocycles. The van der Waals surface area contributed by atoms with Crippen molar-refractivity contribution in [3.05, 3.63) is 44.8 Å². The molecule has 1 amide bonds. The Labute approximate surface area is 142 Å². The van der Waals surface area contributed by atoms with Crippen molar-refractivity contribution in [3.63, 3.8) is 0 Å². The summed E-state index contributed by atoms with van der Waals surface area (Å²) in [5, 5.41) is 15.2. The van der Waals surface area contributed by atoms with Gasteiger partial charge in [-0.2, -0.15) is 9.78 Å². The molecule has 0 aliphatic rings. The second-order valence-corrected chi connectivity index (χ2v) is 5.83. The van der Waals surface area contributed by atoms with Crippen LogP contribution in [0.15, 0.2) is 23.0 Å². The van der Waals surface area contributed by atoms with E-state index in [9.17, 15) is 9.59 Å². The number of fused-ring (bicyclic) bond motifs is 1. The highest BCUT2D eigenvalue weighted by atomic mass is 35.5. The second-order valence-electron chi connectivity index (χ2n) is 5.42. The highest BCUT2D eigenvalue weighted by molar-refractivity contribution is 6.31. The van der Waals surface area contributed by atoms with E-state index in [1.165, 1.54) is 0 Å². The summed E-state index contributed by atoms with van der Waals surface area (Å²) < 4.78 is 2.55. The van der Waals surface area contributed by atoms with Crippen LogP contribution in [0.25, 0.3) is 11.0 Å². The molecule has 0 saturated heterocycles. The number of nitrogens with zero attached hydrogens (tertiary/aromatic N) is 5. The molecule has 0 unspecified atom stereocenters.